The topological polar surface area (TPSA) is 99.6 Å². The maximum absolute atomic E-state index is 11.1. The van der Waals surface area contributed by atoms with E-state index >= 15 is 0 Å². The highest BCUT2D eigenvalue weighted by Crippen LogP contribution is 2.31. The summed E-state index contributed by atoms with van der Waals surface area (Å²) in [5, 5.41) is 9.09. The van der Waals surface area contributed by atoms with Crippen molar-refractivity contribution in [3.8, 4) is 11.5 Å². The first-order valence-corrected chi connectivity index (χ1v) is 8.13. The highest BCUT2D eigenvalue weighted by atomic mass is 16.8. The van der Waals surface area contributed by atoms with Gasteiger partial charge < -0.3 is 15.6 Å². The Morgan fingerprint density at radius 2 is 1.92 bits per heavy atom. The van der Waals surface area contributed by atoms with Gasteiger partial charge in [0.2, 0.25) is 0 Å². The molecule has 136 valence electrons. The molecule has 0 radical (unpaired) electrons. The van der Waals surface area contributed by atoms with Crippen LogP contribution < -0.4 is 15.3 Å². The van der Waals surface area contributed by atoms with Gasteiger partial charge in [0.25, 0.3) is 0 Å². The molecule has 0 amide bonds. The largest absolute Gasteiger partial charge is 0.531 e. The number of rotatable bonds is 3. The number of aryl methyl sites for hydroxylation is 1. The van der Waals surface area contributed by atoms with Crippen molar-refractivity contribution >= 4 is 22.9 Å². The van der Waals surface area contributed by atoms with E-state index in [1.54, 1.807) is 30.3 Å². The third-order valence-electron chi connectivity index (χ3n) is 3.85. The SMILES string of the molecule is Cc1cc(N)ccc1Oc1ccc2nc(C(C)(C)C)n(OC(=O)O)c2c1. The van der Waals surface area contributed by atoms with E-state index in [0.717, 1.165) is 5.56 Å². The average molecular weight is 355 g/mol. The van der Waals surface area contributed by atoms with Gasteiger partial charge in [-0.3, -0.25) is 4.84 Å². The Balaban J connectivity index is 2.08. The Morgan fingerprint density at radius 1 is 1.19 bits per heavy atom. The first-order chi connectivity index (χ1) is 12.1. The van der Waals surface area contributed by atoms with Gasteiger partial charge in [0, 0.05) is 17.2 Å². The third kappa shape index (κ3) is 3.42. The second-order valence-corrected chi connectivity index (χ2v) is 7.11. The molecule has 0 unspecified atom stereocenters. The summed E-state index contributed by atoms with van der Waals surface area (Å²) in [6, 6.07) is 10.6. The minimum atomic E-state index is -1.41. The number of nitrogens with zero attached hydrogens (tertiary/aromatic N) is 2. The Hall–Kier alpha value is -3.22. The Bertz CT molecular complexity index is 986. The van der Waals surface area contributed by atoms with E-state index in [1.807, 2.05) is 33.8 Å². The van der Waals surface area contributed by atoms with Crippen LogP contribution in [0.3, 0.4) is 0 Å². The molecule has 0 fully saturated rings. The number of carbonyl (C=O) groups is 1. The molecule has 3 N–H and O–H groups in total. The number of aromatic nitrogens is 2. The van der Waals surface area contributed by atoms with Crippen molar-refractivity contribution in [3.63, 3.8) is 0 Å². The molecule has 0 saturated carbocycles. The van der Waals surface area contributed by atoms with Gasteiger partial charge in [0.05, 0.1) is 5.52 Å². The van der Waals surface area contributed by atoms with Crippen LogP contribution in [-0.4, -0.2) is 21.0 Å². The number of carboxylic acid groups (broad SMARTS) is 1. The monoisotopic (exact) mass is 355 g/mol. The van der Waals surface area contributed by atoms with E-state index in [0.29, 0.717) is 34.0 Å². The van der Waals surface area contributed by atoms with Crippen LogP contribution in [0.1, 0.15) is 32.2 Å². The summed E-state index contributed by atoms with van der Waals surface area (Å²) in [6.07, 6.45) is -1.41. The summed E-state index contributed by atoms with van der Waals surface area (Å²) in [7, 11) is 0. The van der Waals surface area contributed by atoms with Crippen molar-refractivity contribution in [3.05, 3.63) is 47.8 Å². The molecule has 3 rings (SSSR count). The van der Waals surface area contributed by atoms with E-state index in [-0.39, 0.29) is 0 Å². The second kappa shape index (κ2) is 6.25. The molecule has 7 nitrogen and oxygen atoms in total. The highest BCUT2D eigenvalue weighted by molar-refractivity contribution is 5.78. The number of nitrogen functional groups attached to an aromatic ring is 1. The lowest BCUT2D eigenvalue weighted by Crippen LogP contribution is -2.26. The van der Waals surface area contributed by atoms with Crippen LogP contribution in [0.5, 0.6) is 11.5 Å². The van der Waals surface area contributed by atoms with E-state index in [2.05, 4.69) is 4.98 Å². The Morgan fingerprint density at radius 3 is 2.54 bits per heavy atom. The van der Waals surface area contributed by atoms with Crippen molar-refractivity contribution in [2.24, 2.45) is 0 Å². The van der Waals surface area contributed by atoms with Crippen molar-refractivity contribution < 1.29 is 19.5 Å². The molecule has 1 aromatic heterocycles. The fourth-order valence-corrected chi connectivity index (χ4v) is 2.65. The lowest BCUT2D eigenvalue weighted by Gasteiger charge is -2.18. The lowest BCUT2D eigenvalue weighted by molar-refractivity contribution is 0.0796. The van der Waals surface area contributed by atoms with E-state index in [1.165, 1.54) is 4.73 Å². The van der Waals surface area contributed by atoms with E-state index in [9.17, 15) is 4.79 Å². The van der Waals surface area contributed by atoms with E-state index < -0.39 is 11.6 Å². The molecule has 0 atom stereocenters. The number of imidazole rings is 1. The standard InChI is InChI=1S/C19H21N3O4/c1-11-9-12(20)5-8-16(11)25-13-6-7-14-15(10-13)22(26-18(23)24)17(21-14)19(2,3)4/h5-10H,20H2,1-4H3,(H,23,24). The van der Waals surface area contributed by atoms with Crippen LogP contribution in [0.2, 0.25) is 0 Å². The summed E-state index contributed by atoms with van der Waals surface area (Å²) in [5.41, 5.74) is 8.06. The van der Waals surface area contributed by atoms with Crippen LogP contribution in [0.15, 0.2) is 36.4 Å². The number of benzene rings is 2. The molecule has 7 heteroatoms. The fourth-order valence-electron chi connectivity index (χ4n) is 2.65. The minimum absolute atomic E-state index is 0.400. The molecule has 0 bridgehead atoms. The quantitative estimate of drug-likeness (QED) is 0.686. The molecule has 0 aliphatic rings. The smallest absolute Gasteiger partial charge is 0.457 e. The maximum atomic E-state index is 11.1. The molecule has 3 aromatic rings. The maximum Gasteiger partial charge on any atom is 0.531 e. The van der Waals surface area contributed by atoms with Gasteiger partial charge in [-0.05, 0) is 42.8 Å². The zero-order chi connectivity index (χ0) is 19.1. The first kappa shape index (κ1) is 17.6. The summed E-state index contributed by atoms with van der Waals surface area (Å²) >= 11 is 0. The zero-order valence-electron chi connectivity index (χ0n) is 15.1. The van der Waals surface area contributed by atoms with Gasteiger partial charge in [-0.1, -0.05) is 20.8 Å². The summed E-state index contributed by atoms with van der Waals surface area (Å²) in [6.45, 7) is 7.71. The van der Waals surface area contributed by atoms with Gasteiger partial charge in [-0.25, -0.2) is 9.78 Å². The zero-order valence-corrected chi connectivity index (χ0v) is 15.1. The predicted molar refractivity (Wildman–Crippen MR) is 98.7 cm³/mol. The van der Waals surface area contributed by atoms with Gasteiger partial charge in [-0.15, -0.1) is 0 Å². The van der Waals surface area contributed by atoms with Crippen molar-refractivity contribution in [1.29, 1.82) is 0 Å². The Kier molecular flexibility index (Phi) is 4.23. The Labute approximate surface area is 150 Å². The van der Waals surface area contributed by atoms with Crippen molar-refractivity contribution in [1.82, 2.24) is 9.71 Å². The molecular weight excluding hydrogens is 334 g/mol. The molecule has 26 heavy (non-hydrogen) atoms. The van der Waals surface area contributed by atoms with Crippen molar-refractivity contribution in [2.75, 3.05) is 5.73 Å². The van der Waals surface area contributed by atoms with Crippen LogP contribution in [0, 0.1) is 6.92 Å². The molecule has 0 aliphatic carbocycles. The molecule has 0 spiro atoms. The van der Waals surface area contributed by atoms with E-state index in [4.69, 9.17) is 20.4 Å². The van der Waals surface area contributed by atoms with Crippen molar-refractivity contribution in [2.45, 2.75) is 33.1 Å². The fraction of sp³-hybridized carbons (Fsp3) is 0.263. The summed E-state index contributed by atoms with van der Waals surface area (Å²) < 4.78 is 7.16. The summed E-state index contributed by atoms with van der Waals surface area (Å²) in [4.78, 5) is 20.6. The second-order valence-electron chi connectivity index (χ2n) is 7.11. The predicted octanol–water partition coefficient (Wildman–Crippen LogP) is 4.12. The third-order valence-corrected chi connectivity index (χ3v) is 3.85. The number of ether oxygens (including phenoxy) is 1. The molecule has 2 aromatic carbocycles. The highest BCUT2D eigenvalue weighted by Gasteiger charge is 2.25. The number of fused-ring (bicyclic) bond motifs is 1. The van der Waals surface area contributed by atoms with Gasteiger partial charge in [0.1, 0.15) is 17.0 Å². The first-order valence-electron chi connectivity index (χ1n) is 8.13. The molecule has 0 aliphatic heterocycles. The number of hydrogen-bond donors (Lipinski definition) is 2. The van der Waals surface area contributed by atoms with Crippen LogP contribution in [0.4, 0.5) is 10.5 Å². The molecular formula is C19H21N3O4. The summed E-state index contributed by atoms with van der Waals surface area (Å²) in [5.74, 6) is 1.72. The molecule has 1 heterocycles. The van der Waals surface area contributed by atoms with Crippen LogP contribution >= 0.6 is 0 Å². The lowest BCUT2D eigenvalue weighted by atomic mass is 9.96. The number of nitrogens with two attached hydrogens (primary N) is 1. The molecule has 0 saturated heterocycles. The van der Waals surface area contributed by atoms with Gasteiger partial charge in [-0.2, -0.15) is 4.73 Å². The van der Waals surface area contributed by atoms with Crippen LogP contribution in [0.25, 0.3) is 11.0 Å². The minimum Gasteiger partial charge on any atom is -0.457 e. The number of anilines is 1. The average Bonchev–Trinajstić information content (AvgIpc) is 2.88. The number of hydrogen-bond acceptors (Lipinski definition) is 5. The normalized spacial score (nSPS) is 11.5. The van der Waals surface area contributed by atoms with Gasteiger partial charge >= 0.3 is 6.16 Å². The van der Waals surface area contributed by atoms with Crippen LogP contribution in [-0.2, 0) is 5.41 Å². The van der Waals surface area contributed by atoms with Gasteiger partial charge in [0.15, 0.2) is 5.82 Å².